The summed E-state index contributed by atoms with van der Waals surface area (Å²) in [5.74, 6) is -0.785. The van der Waals surface area contributed by atoms with Gasteiger partial charge in [0.2, 0.25) is 0 Å². The van der Waals surface area contributed by atoms with Crippen molar-refractivity contribution in [1.29, 1.82) is 0 Å². The molecule has 0 spiro atoms. The first-order valence-corrected chi connectivity index (χ1v) is 3.32. The highest BCUT2D eigenvalue weighted by Gasteiger charge is 2.31. The Morgan fingerprint density at radius 1 is 1.45 bits per heavy atom. The molecule has 1 N–H and O–H groups in total. The maximum Gasteiger partial charge on any atom is 0.254 e. The van der Waals surface area contributed by atoms with Crippen LogP contribution in [0, 0.1) is 0 Å². The molecule has 2 amide bonds. The molecule has 0 bridgehead atoms. The van der Waals surface area contributed by atoms with Crippen molar-refractivity contribution >= 4 is 11.8 Å². The van der Waals surface area contributed by atoms with Gasteiger partial charge in [-0.25, -0.2) is 4.84 Å². The van der Waals surface area contributed by atoms with Crippen molar-refractivity contribution in [3.05, 3.63) is 0 Å². The number of aliphatic hydroxyl groups excluding tert-OH is 1. The standard InChI is InChI=1S/C6H9NO4/c1-4(8)11-7-5(9)2-3-6(7)10/h4,8H,2-3H2,1H3/t4-/m0/s1. The lowest BCUT2D eigenvalue weighted by molar-refractivity contribution is -0.238. The molecule has 62 valence electrons. The average Bonchev–Trinajstić information content (AvgIpc) is 2.18. The largest absolute Gasteiger partial charge is 0.366 e. The molecule has 1 aliphatic heterocycles. The van der Waals surface area contributed by atoms with Crippen LogP contribution in [0.4, 0.5) is 0 Å². The second kappa shape index (κ2) is 2.98. The molecule has 0 radical (unpaired) electrons. The number of nitrogens with zero attached hydrogens (tertiary/aromatic N) is 1. The molecule has 11 heavy (non-hydrogen) atoms. The molecule has 0 aliphatic carbocycles. The Bertz CT molecular complexity index is 173. The Morgan fingerprint density at radius 3 is 2.27 bits per heavy atom. The number of hydrogen-bond donors (Lipinski definition) is 1. The highest BCUT2D eigenvalue weighted by atomic mass is 16.8. The minimum absolute atomic E-state index is 0.172. The maximum absolute atomic E-state index is 10.8. The molecular weight excluding hydrogens is 150 g/mol. The molecule has 1 saturated heterocycles. The van der Waals surface area contributed by atoms with E-state index in [-0.39, 0.29) is 12.8 Å². The summed E-state index contributed by atoms with van der Waals surface area (Å²) in [6, 6.07) is 0. The number of hydrogen-bond acceptors (Lipinski definition) is 4. The zero-order valence-electron chi connectivity index (χ0n) is 6.11. The molecule has 0 aromatic carbocycles. The maximum atomic E-state index is 10.8. The first kappa shape index (κ1) is 8.16. The number of rotatable bonds is 2. The van der Waals surface area contributed by atoms with Crippen LogP contribution in [0.15, 0.2) is 0 Å². The molecule has 5 heteroatoms. The van der Waals surface area contributed by atoms with Gasteiger partial charge in [-0.3, -0.25) is 9.59 Å². The van der Waals surface area contributed by atoms with Gasteiger partial charge in [0.1, 0.15) is 0 Å². The third-order valence-electron chi connectivity index (χ3n) is 1.26. The van der Waals surface area contributed by atoms with E-state index in [1.54, 1.807) is 0 Å². The number of hydroxylamine groups is 2. The smallest absolute Gasteiger partial charge is 0.254 e. The topological polar surface area (TPSA) is 66.8 Å². The Labute approximate surface area is 63.5 Å². The van der Waals surface area contributed by atoms with Gasteiger partial charge in [0.15, 0.2) is 6.29 Å². The van der Waals surface area contributed by atoms with Crippen molar-refractivity contribution in [3.8, 4) is 0 Å². The fraction of sp³-hybridized carbons (Fsp3) is 0.667. The zero-order chi connectivity index (χ0) is 8.43. The molecule has 1 rings (SSSR count). The summed E-state index contributed by atoms with van der Waals surface area (Å²) in [6.45, 7) is 1.33. The summed E-state index contributed by atoms with van der Waals surface area (Å²) in [5.41, 5.74) is 0. The quantitative estimate of drug-likeness (QED) is 0.431. The SMILES string of the molecule is C[C@@H](O)ON1C(=O)CCC1=O. The zero-order valence-corrected chi connectivity index (χ0v) is 6.11. The van der Waals surface area contributed by atoms with E-state index in [9.17, 15) is 9.59 Å². The van der Waals surface area contributed by atoms with Gasteiger partial charge < -0.3 is 5.11 Å². The van der Waals surface area contributed by atoms with Crippen LogP contribution in [-0.4, -0.2) is 28.3 Å². The second-order valence-electron chi connectivity index (χ2n) is 2.29. The van der Waals surface area contributed by atoms with Crippen molar-refractivity contribution in [3.63, 3.8) is 0 Å². The fourth-order valence-electron chi connectivity index (χ4n) is 0.826. The van der Waals surface area contributed by atoms with E-state index in [4.69, 9.17) is 5.11 Å². The van der Waals surface area contributed by atoms with Gasteiger partial charge in [-0.05, 0) is 6.92 Å². The van der Waals surface area contributed by atoms with Crippen LogP contribution in [0.3, 0.4) is 0 Å². The van der Waals surface area contributed by atoms with Gasteiger partial charge in [-0.2, -0.15) is 5.06 Å². The summed E-state index contributed by atoms with van der Waals surface area (Å²) < 4.78 is 0. The third kappa shape index (κ3) is 1.75. The van der Waals surface area contributed by atoms with E-state index >= 15 is 0 Å². The van der Waals surface area contributed by atoms with E-state index in [1.807, 2.05) is 0 Å². The molecule has 1 heterocycles. The number of imide groups is 1. The molecular formula is C6H9NO4. The highest BCUT2D eigenvalue weighted by Crippen LogP contribution is 2.12. The van der Waals surface area contributed by atoms with E-state index in [1.165, 1.54) is 6.92 Å². The van der Waals surface area contributed by atoms with Gasteiger partial charge in [0.05, 0.1) is 0 Å². The van der Waals surface area contributed by atoms with Crippen LogP contribution in [0.1, 0.15) is 19.8 Å². The number of carbonyl (C=O) groups excluding carboxylic acids is 2. The van der Waals surface area contributed by atoms with Gasteiger partial charge in [0.25, 0.3) is 11.8 Å². The number of aliphatic hydroxyl groups is 1. The van der Waals surface area contributed by atoms with Gasteiger partial charge in [-0.15, -0.1) is 0 Å². The normalized spacial score (nSPS) is 21.1. The molecule has 0 saturated carbocycles. The molecule has 1 fully saturated rings. The lowest BCUT2D eigenvalue weighted by Gasteiger charge is -2.14. The van der Waals surface area contributed by atoms with Crippen molar-refractivity contribution in [2.24, 2.45) is 0 Å². The molecule has 0 unspecified atom stereocenters. The second-order valence-corrected chi connectivity index (χ2v) is 2.29. The lowest BCUT2D eigenvalue weighted by Crippen LogP contribution is -2.32. The Kier molecular flexibility index (Phi) is 2.21. The summed E-state index contributed by atoms with van der Waals surface area (Å²) in [7, 11) is 0. The first-order valence-electron chi connectivity index (χ1n) is 3.32. The summed E-state index contributed by atoms with van der Waals surface area (Å²) >= 11 is 0. The van der Waals surface area contributed by atoms with Crippen molar-refractivity contribution in [2.45, 2.75) is 26.1 Å². The summed E-state index contributed by atoms with van der Waals surface area (Å²) in [6.07, 6.45) is -0.780. The van der Waals surface area contributed by atoms with E-state index in [0.717, 1.165) is 0 Å². The first-order chi connectivity index (χ1) is 5.11. The highest BCUT2D eigenvalue weighted by molar-refractivity contribution is 6.00. The predicted molar refractivity (Wildman–Crippen MR) is 33.9 cm³/mol. The van der Waals surface area contributed by atoms with Crippen LogP contribution in [0.25, 0.3) is 0 Å². The lowest BCUT2D eigenvalue weighted by atomic mass is 10.4. The van der Waals surface area contributed by atoms with Crippen LogP contribution >= 0.6 is 0 Å². The fourth-order valence-corrected chi connectivity index (χ4v) is 0.826. The Balaban J connectivity index is 2.55. The molecule has 0 aromatic rings. The summed E-state index contributed by atoms with van der Waals surface area (Å²) in [5, 5.41) is 9.30. The molecule has 0 aromatic heterocycles. The van der Waals surface area contributed by atoms with Crippen LogP contribution in [0.5, 0.6) is 0 Å². The van der Waals surface area contributed by atoms with Crippen LogP contribution in [0.2, 0.25) is 0 Å². The minimum atomic E-state index is -1.12. The monoisotopic (exact) mass is 159 g/mol. The molecule has 1 atom stereocenters. The molecule has 1 aliphatic rings. The minimum Gasteiger partial charge on any atom is -0.366 e. The van der Waals surface area contributed by atoms with Gasteiger partial charge in [-0.1, -0.05) is 0 Å². The predicted octanol–water partition coefficient (Wildman–Crippen LogP) is -0.595. The van der Waals surface area contributed by atoms with Crippen molar-refractivity contribution in [1.82, 2.24) is 5.06 Å². The molecule has 5 nitrogen and oxygen atoms in total. The Hall–Kier alpha value is -0.940. The van der Waals surface area contributed by atoms with Crippen molar-refractivity contribution < 1.29 is 19.5 Å². The summed E-state index contributed by atoms with van der Waals surface area (Å²) in [4.78, 5) is 26.1. The van der Waals surface area contributed by atoms with E-state index < -0.39 is 18.1 Å². The van der Waals surface area contributed by atoms with E-state index in [0.29, 0.717) is 5.06 Å². The van der Waals surface area contributed by atoms with Gasteiger partial charge in [0, 0.05) is 12.8 Å². The van der Waals surface area contributed by atoms with Crippen molar-refractivity contribution in [2.75, 3.05) is 0 Å². The Morgan fingerprint density at radius 2 is 1.91 bits per heavy atom. The van der Waals surface area contributed by atoms with E-state index in [2.05, 4.69) is 4.84 Å². The van der Waals surface area contributed by atoms with Gasteiger partial charge >= 0.3 is 0 Å². The number of carbonyl (C=O) groups is 2. The average molecular weight is 159 g/mol. The number of amides is 2. The van der Waals surface area contributed by atoms with Crippen LogP contribution < -0.4 is 0 Å². The van der Waals surface area contributed by atoms with Crippen LogP contribution in [-0.2, 0) is 14.4 Å². The third-order valence-corrected chi connectivity index (χ3v) is 1.26.